The Morgan fingerprint density at radius 2 is 2.29 bits per heavy atom. The van der Waals surface area contributed by atoms with Crippen LogP contribution in [0.4, 0.5) is 0 Å². The summed E-state index contributed by atoms with van der Waals surface area (Å²) in [5.74, 6) is 0. The van der Waals surface area contributed by atoms with E-state index in [1.54, 1.807) is 16.7 Å². The molecule has 1 N–H and O–H groups in total. The zero-order valence-corrected chi connectivity index (χ0v) is 8.08. The Kier molecular flexibility index (Phi) is 1.50. The van der Waals surface area contributed by atoms with Gasteiger partial charge in [0.15, 0.2) is 5.65 Å². The summed E-state index contributed by atoms with van der Waals surface area (Å²) in [6, 6.07) is 3.78. The van der Waals surface area contributed by atoms with Crippen molar-refractivity contribution in [2.24, 2.45) is 0 Å². The molecule has 2 heterocycles. The summed E-state index contributed by atoms with van der Waals surface area (Å²) in [7, 11) is 0. The molecule has 14 heavy (non-hydrogen) atoms. The van der Waals surface area contributed by atoms with Gasteiger partial charge in [-0.25, -0.2) is 9.78 Å². The normalized spacial score (nSPS) is 16.4. The lowest BCUT2D eigenvalue weighted by molar-refractivity contribution is 0.726. The largest absolute Gasteiger partial charge is 0.327 e. The third kappa shape index (κ3) is 1.07. The first kappa shape index (κ1) is 8.05. The molecule has 2 aromatic heterocycles. The van der Waals surface area contributed by atoms with Gasteiger partial charge in [0.2, 0.25) is 0 Å². The number of aromatic amines is 1. The van der Waals surface area contributed by atoms with Crippen molar-refractivity contribution < 1.29 is 0 Å². The van der Waals surface area contributed by atoms with Crippen LogP contribution in [0.25, 0.3) is 11.2 Å². The summed E-state index contributed by atoms with van der Waals surface area (Å²) < 4.78 is 1.70. The van der Waals surface area contributed by atoms with Crippen LogP contribution >= 0.6 is 11.6 Å². The summed E-state index contributed by atoms with van der Waals surface area (Å²) in [6.45, 7) is 0. The Bertz CT molecular complexity index is 553. The van der Waals surface area contributed by atoms with Gasteiger partial charge in [-0.15, -0.1) is 0 Å². The van der Waals surface area contributed by atoms with E-state index in [1.807, 2.05) is 0 Å². The highest BCUT2D eigenvalue weighted by atomic mass is 35.5. The number of nitrogens with zero attached hydrogens (tertiary/aromatic N) is 2. The van der Waals surface area contributed by atoms with E-state index in [9.17, 15) is 4.79 Å². The fourth-order valence-electron chi connectivity index (χ4n) is 1.65. The van der Waals surface area contributed by atoms with E-state index in [-0.39, 0.29) is 5.69 Å². The second-order valence-electron chi connectivity index (χ2n) is 3.54. The van der Waals surface area contributed by atoms with Crippen molar-refractivity contribution in [3.05, 3.63) is 27.8 Å². The van der Waals surface area contributed by atoms with E-state index in [4.69, 9.17) is 11.6 Å². The smallest absolute Gasteiger partial charge is 0.304 e. The first-order valence-corrected chi connectivity index (χ1v) is 4.90. The van der Waals surface area contributed by atoms with E-state index >= 15 is 0 Å². The third-order valence-corrected chi connectivity index (χ3v) is 2.65. The van der Waals surface area contributed by atoms with E-state index in [1.165, 1.54) is 0 Å². The molecule has 0 aliphatic heterocycles. The number of halogens is 1. The van der Waals surface area contributed by atoms with E-state index < -0.39 is 0 Å². The summed E-state index contributed by atoms with van der Waals surface area (Å²) in [5.41, 5.74) is 1.34. The number of rotatable bonds is 1. The summed E-state index contributed by atoms with van der Waals surface area (Å²) in [6.07, 6.45) is 2.11. The molecule has 1 fully saturated rings. The Morgan fingerprint density at radius 1 is 1.50 bits per heavy atom. The molecule has 0 spiro atoms. The monoisotopic (exact) mass is 209 g/mol. The average Bonchev–Trinajstić information content (AvgIpc) is 2.90. The molecule has 3 rings (SSSR count). The highest BCUT2D eigenvalue weighted by molar-refractivity contribution is 6.29. The maximum absolute atomic E-state index is 11.6. The van der Waals surface area contributed by atoms with Crippen molar-refractivity contribution in [2.45, 2.75) is 18.9 Å². The molecule has 4 nitrogen and oxygen atoms in total. The van der Waals surface area contributed by atoms with Crippen LogP contribution in [-0.4, -0.2) is 14.5 Å². The second-order valence-corrected chi connectivity index (χ2v) is 3.92. The van der Waals surface area contributed by atoms with Gasteiger partial charge in [-0.3, -0.25) is 4.57 Å². The van der Waals surface area contributed by atoms with E-state index in [0.29, 0.717) is 16.8 Å². The standard InChI is InChI=1S/C9H8ClN3O/c10-7-4-3-6-8(12-7)13(5-1-2-5)9(14)11-6/h3-5H,1-2H2,(H,11,14). The second kappa shape index (κ2) is 2.60. The molecule has 2 aromatic rings. The molecule has 1 saturated carbocycles. The van der Waals surface area contributed by atoms with Gasteiger partial charge in [0.1, 0.15) is 5.15 Å². The number of hydrogen-bond donors (Lipinski definition) is 1. The first-order valence-electron chi connectivity index (χ1n) is 4.52. The van der Waals surface area contributed by atoms with Gasteiger partial charge in [0.25, 0.3) is 0 Å². The SMILES string of the molecule is O=c1[nH]c2ccc(Cl)nc2n1C1CC1. The minimum atomic E-state index is -0.0859. The molecule has 0 radical (unpaired) electrons. The number of nitrogens with one attached hydrogen (secondary N) is 1. The Hall–Kier alpha value is -1.29. The van der Waals surface area contributed by atoms with Crippen LogP contribution in [0, 0.1) is 0 Å². The zero-order valence-electron chi connectivity index (χ0n) is 7.33. The van der Waals surface area contributed by atoms with Crippen LogP contribution in [0.3, 0.4) is 0 Å². The van der Waals surface area contributed by atoms with Crippen LogP contribution in [-0.2, 0) is 0 Å². The van der Waals surface area contributed by atoms with Crippen LogP contribution < -0.4 is 5.69 Å². The summed E-state index contributed by atoms with van der Waals surface area (Å²) in [4.78, 5) is 18.5. The molecule has 0 bridgehead atoms. The molecular weight excluding hydrogens is 202 g/mol. The lowest BCUT2D eigenvalue weighted by Gasteiger charge is -1.97. The minimum Gasteiger partial charge on any atom is -0.304 e. The molecule has 1 aliphatic carbocycles. The Morgan fingerprint density at radius 3 is 3.00 bits per heavy atom. The van der Waals surface area contributed by atoms with Crippen molar-refractivity contribution in [2.75, 3.05) is 0 Å². The van der Waals surface area contributed by atoms with Crippen molar-refractivity contribution in [3.8, 4) is 0 Å². The van der Waals surface area contributed by atoms with Crippen molar-refractivity contribution in [1.82, 2.24) is 14.5 Å². The topological polar surface area (TPSA) is 50.7 Å². The van der Waals surface area contributed by atoms with Gasteiger partial charge in [-0.2, -0.15) is 0 Å². The number of imidazole rings is 1. The minimum absolute atomic E-state index is 0.0859. The highest BCUT2D eigenvalue weighted by Gasteiger charge is 2.27. The van der Waals surface area contributed by atoms with Gasteiger partial charge >= 0.3 is 5.69 Å². The van der Waals surface area contributed by atoms with E-state index in [0.717, 1.165) is 18.4 Å². The molecule has 0 atom stereocenters. The Balaban J connectivity index is 2.39. The van der Waals surface area contributed by atoms with Gasteiger partial charge in [0, 0.05) is 6.04 Å². The molecule has 72 valence electrons. The average molecular weight is 210 g/mol. The van der Waals surface area contributed by atoms with Gasteiger partial charge in [-0.1, -0.05) is 11.6 Å². The lowest BCUT2D eigenvalue weighted by Crippen LogP contribution is -2.15. The lowest BCUT2D eigenvalue weighted by atomic mass is 10.4. The van der Waals surface area contributed by atoms with E-state index in [2.05, 4.69) is 9.97 Å². The van der Waals surface area contributed by atoms with Crippen molar-refractivity contribution in [1.29, 1.82) is 0 Å². The third-order valence-electron chi connectivity index (χ3n) is 2.44. The quantitative estimate of drug-likeness (QED) is 0.727. The predicted octanol–water partition coefficient (Wildman–Crippen LogP) is 1.71. The van der Waals surface area contributed by atoms with Crippen molar-refractivity contribution >= 4 is 22.8 Å². The summed E-state index contributed by atoms with van der Waals surface area (Å²) in [5, 5.41) is 0.422. The van der Waals surface area contributed by atoms with Crippen LogP contribution in [0.2, 0.25) is 5.15 Å². The summed E-state index contributed by atoms with van der Waals surface area (Å²) >= 11 is 5.78. The van der Waals surface area contributed by atoms with Crippen LogP contribution in [0.5, 0.6) is 0 Å². The van der Waals surface area contributed by atoms with Crippen molar-refractivity contribution in [3.63, 3.8) is 0 Å². The molecule has 0 unspecified atom stereocenters. The molecule has 0 saturated heterocycles. The van der Waals surface area contributed by atoms with Gasteiger partial charge < -0.3 is 4.98 Å². The fraction of sp³-hybridized carbons (Fsp3) is 0.333. The number of hydrogen-bond acceptors (Lipinski definition) is 2. The van der Waals surface area contributed by atoms with Crippen LogP contribution in [0.15, 0.2) is 16.9 Å². The molecule has 5 heteroatoms. The number of H-pyrrole nitrogens is 1. The van der Waals surface area contributed by atoms with Crippen LogP contribution in [0.1, 0.15) is 18.9 Å². The Labute approximate surface area is 84.5 Å². The molecular formula is C9H8ClN3O. The maximum atomic E-state index is 11.6. The number of aromatic nitrogens is 3. The zero-order chi connectivity index (χ0) is 9.71. The molecule has 1 aliphatic rings. The van der Waals surface area contributed by atoms with Gasteiger partial charge in [0.05, 0.1) is 5.52 Å². The number of fused-ring (bicyclic) bond motifs is 1. The molecule has 0 aromatic carbocycles. The highest BCUT2D eigenvalue weighted by Crippen LogP contribution is 2.35. The fourth-order valence-corrected chi connectivity index (χ4v) is 1.79. The maximum Gasteiger partial charge on any atom is 0.327 e. The van der Waals surface area contributed by atoms with Gasteiger partial charge in [-0.05, 0) is 25.0 Å². The predicted molar refractivity (Wildman–Crippen MR) is 53.6 cm³/mol. The molecule has 0 amide bonds. The first-order chi connectivity index (χ1) is 6.75. The number of pyridine rings is 1.